The van der Waals surface area contributed by atoms with Crippen molar-refractivity contribution < 1.29 is 0 Å². The van der Waals surface area contributed by atoms with Gasteiger partial charge in [0.1, 0.15) is 5.15 Å². The first kappa shape index (κ1) is 19.2. The number of hydrogen-bond acceptors (Lipinski definition) is 2. The predicted molar refractivity (Wildman–Crippen MR) is 133 cm³/mol. The second-order valence-electron chi connectivity index (χ2n) is 8.83. The van der Waals surface area contributed by atoms with Gasteiger partial charge in [0.05, 0.1) is 5.69 Å². The molecule has 0 N–H and O–H groups in total. The van der Waals surface area contributed by atoms with Gasteiger partial charge in [-0.3, -0.25) is 0 Å². The highest BCUT2D eigenvalue weighted by Crippen LogP contribution is 2.52. The van der Waals surface area contributed by atoms with Crippen molar-refractivity contribution >= 4 is 22.4 Å². The number of aromatic nitrogens is 2. The molecule has 154 valence electrons. The van der Waals surface area contributed by atoms with E-state index in [0.29, 0.717) is 11.0 Å². The van der Waals surface area contributed by atoms with E-state index in [4.69, 9.17) is 16.6 Å². The van der Waals surface area contributed by atoms with Crippen LogP contribution >= 0.6 is 11.6 Å². The Balaban J connectivity index is 1.67. The van der Waals surface area contributed by atoms with Crippen LogP contribution in [0.1, 0.15) is 25.0 Å². The van der Waals surface area contributed by atoms with Crippen LogP contribution in [0, 0.1) is 0 Å². The van der Waals surface area contributed by atoms with E-state index < -0.39 is 0 Å². The van der Waals surface area contributed by atoms with Gasteiger partial charge in [-0.1, -0.05) is 104 Å². The van der Waals surface area contributed by atoms with Gasteiger partial charge in [-0.05, 0) is 39.1 Å². The normalized spacial score (nSPS) is 13.7. The number of benzene rings is 4. The summed E-state index contributed by atoms with van der Waals surface area (Å²) in [6.45, 7) is 4.61. The molecule has 0 radical (unpaired) electrons. The molecule has 0 saturated heterocycles. The molecule has 0 unspecified atom stereocenters. The Hall–Kier alpha value is -3.49. The maximum atomic E-state index is 6.50. The third-order valence-corrected chi connectivity index (χ3v) is 6.78. The van der Waals surface area contributed by atoms with Crippen molar-refractivity contribution in [2.75, 3.05) is 0 Å². The zero-order valence-corrected chi connectivity index (χ0v) is 18.7. The van der Waals surface area contributed by atoms with Crippen molar-refractivity contribution in [1.29, 1.82) is 0 Å². The predicted octanol–water partition coefficient (Wildman–Crippen LogP) is 7.92. The van der Waals surface area contributed by atoms with Gasteiger partial charge in [0.2, 0.25) is 0 Å². The van der Waals surface area contributed by atoms with Crippen molar-refractivity contribution in [3.63, 3.8) is 0 Å². The molecule has 0 aliphatic heterocycles. The van der Waals surface area contributed by atoms with E-state index in [1.165, 1.54) is 33.0 Å². The van der Waals surface area contributed by atoms with Gasteiger partial charge < -0.3 is 0 Å². The molecule has 1 aromatic heterocycles. The van der Waals surface area contributed by atoms with E-state index in [1.54, 1.807) is 0 Å². The first-order chi connectivity index (χ1) is 15.5. The van der Waals surface area contributed by atoms with Gasteiger partial charge in [-0.15, -0.1) is 0 Å². The smallest absolute Gasteiger partial charge is 0.161 e. The molecule has 0 spiro atoms. The highest BCUT2D eigenvalue weighted by atomic mass is 35.5. The van der Waals surface area contributed by atoms with Crippen molar-refractivity contribution in [3.05, 3.63) is 107 Å². The van der Waals surface area contributed by atoms with Crippen molar-refractivity contribution in [3.8, 4) is 33.8 Å². The van der Waals surface area contributed by atoms with Crippen molar-refractivity contribution in [1.82, 2.24) is 9.97 Å². The first-order valence-electron chi connectivity index (χ1n) is 10.8. The minimum atomic E-state index is -0.0935. The molecule has 0 atom stereocenters. The number of hydrogen-bond donors (Lipinski definition) is 0. The number of rotatable bonds is 2. The van der Waals surface area contributed by atoms with Crippen LogP contribution in [-0.2, 0) is 5.41 Å². The molecule has 5 aromatic rings. The molecule has 32 heavy (non-hydrogen) atoms. The average Bonchev–Trinajstić information content (AvgIpc) is 3.06. The Kier molecular flexibility index (Phi) is 4.21. The van der Waals surface area contributed by atoms with E-state index in [0.717, 1.165) is 16.8 Å². The zero-order chi connectivity index (χ0) is 21.9. The van der Waals surface area contributed by atoms with Crippen LogP contribution in [0.4, 0.5) is 0 Å². The van der Waals surface area contributed by atoms with Crippen LogP contribution in [0.2, 0.25) is 5.15 Å². The Morgan fingerprint density at radius 2 is 1.34 bits per heavy atom. The fourth-order valence-corrected chi connectivity index (χ4v) is 5.22. The summed E-state index contributed by atoms with van der Waals surface area (Å²) in [5.74, 6) is 0.639. The monoisotopic (exact) mass is 432 g/mol. The minimum Gasteiger partial charge on any atom is -0.228 e. The molecule has 0 saturated carbocycles. The quantitative estimate of drug-likeness (QED) is 0.265. The summed E-state index contributed by atoms with van der Waals surface area (Å²) in [7, 11) is 0. The summed E-state index contributed by atoms with van der Waals surface area (Å²) in [6, 6.07) is 31.5. The Morgan fingerprint density at radius 3 is 2.16 bits per heavy atom. The summed E-state index contributed by atoms with van der Waals surface area (Å²) in [4.78, 5) is 9.45. The zero-order valence-electron chi connectivity index (χ0n) is 17.9. The molecule has 0 bridgehead atoms. The molecule has 0 fully saturated rings. The third-order valence-electron chi connectivity index (χ3n) is 6.59. The first-order valence-corrected chi connectivity index (χ1v) is 11.2. The van der Waals surface area contributed by atoms with Crippen molar-refractivity contribution in [2.45, 2.75) is 19.3 Å². The molecule has 1 aliphatic carbocycles. The molecule has 1 heterocycles. The SMILES string of the molecule is CC1(C)c2ccccc2-c2c1cc(-c1cc(Cl)nc(-c3ccccc3)n1)c1ccccc21. The van der Waals surface area contributed by atoms with Crippen LogP contribution in [0.5, 0.6) is 0 Å². The van der Waals surface area contributed by atoms with Gasteiger partial charge in [0.25, 0.3) is 0 Å². The molecule has 2 nitrogen and oxygen atoms in total. The lowest BCUT2D eigenvalue weighted by Crippen LogP contribution is -2.15. The molecule has 0 amide bonds. The largest absolute Gasteiger partial charge is 0.228 e. The number of halogens is 1. The van der Waals surface area contributed by atoms with Crippen LogP contribution in [-0.4, -0.2) is 9.97 Å². The van der Waals surface area contributed by atoms with Crippen molar-refractivity contribution in [2.24, 2.45) is 0 Å². The highest BCUT2D eigenvalue weighted by Gasteiger charge is 2.37. The topological polar surface area (TPSA) is 25.8 Å². The summed E-state index contributed by atoms with van der Waals surface area (Å²) in [5, 5.41) is 2.86. The highest BCUT2D eigenvalue weighted by molar-refractivity contribution is 6.29. The lowest BCUT2D eigenvalue weighted by atomic mass is 9.81. The van der Waals surface area contributed by atoms with Crippen LogP contribution in [0.15, 0.2) is 91.0 Å². The van der Waals surface area contributed by atoms with Gasteiger partial charge in [0.15, 0.2) is 5.82 Å². The third kappa shape index (κ3) is 2.80. The molecule has 4 aromatic carbocycles. The summed E-state index contributed by atoms with van der Waals surface area (Å²) in [6.07, 6.45) is 0. The molecule has 1 aliphatic rings. The second-order valence-corrected chi connectivity index (χ2v) is 9.22. The molecule has 6 rings (SSSR count). The summed E-state index contributed by atoms with van der Waals surface area (Å²) < 4.78 is 0. The van der Waals surface area contributed by atoms with E-state index in [-0.39, 0.29) is 5.41 Å². The van der Waals surface area contributed by atoms with Crippen LogP contribution < -0.4 is 0 Å². The maximum absolute atomic E-state index is 6.50. The standard InChI is InChI=1S/C29H21ClN2/c1-29(2)23-15-9-8-14-21(23)27-20-13-7-6-12-19(20)22(16-24(27)29)25-17-26(30)32-28(31-25)18-10-4-3-5-11-18/h3-17H,1-2H3. The lowest BCUT2D eigenvalue weighted by molar-refractivity contribution is 0.661. The maximum Gasteiger partial charge on any atom is 0.161 e. The van der Waals surface area contributed by atoms with E-state index >= 15 is 0 Å². The summed E-state index contributed by atoms with van der Waals surface area (Å²) in [5.41, 5.74) is 8.12. The molecule has 3 heteroatoms. The molecular formula is C29H21ClN2. The van der Waals surface area contributed by atoms with Crippen LogP contribution in [0.25, 0.3) is 44.5 Å². The van der Waals surface area contributed by atoms with Gasteiger partial charge in [0, 0.05) is 22.6 Å². The van der Waals surface area contributed by atoms with E-state index in [1.807, 2.05) is 36.4 Å². The summed E-state index contributed by atoms with van der Waals surface area (Å²) >= 11 is 6.50. The van der Waals surface area contributed by atoms with Gasteiger partial charge in [-0.2, -0.15) is 0 Å². The minimum absolute atomic E-state index is 0.0935. The van der Waals surface area contributed by atoms with Gasteiger partial charge >= 0.3 is 0 Å². The lowest BCUT2D eigenvalue weighted by Gasteiger charge is -2.23. The Bertz CT molecular complexity index is 1500. The second kappa shape index (κ2) is 7.01. The van der Waals surface area contributed by atoms with E-state index in [9.17, 15) is 0 Å². The van der Waals surface area contributed by atoms with Gasteiger partial charge in [-0.25, -0.2) is 9.97 Å². The molecular weight excluding hydrogens is 412 g/mol. The Labute approximate surface area is 192 Å². The number of fused-ring (bicyclic) bond motifs is 5. The number of nitrogens with zero attached hydrogens (tertiary/aromatic N) is 2. The Morgan fingerprint density at radius 1 is 0.656 bits per heavy atom. The van der Waals surface area contributed by atoms with E-state index in [2.05, 4.69) is 73.4 Å². The fourth-order valence-electron chi connectivity index (χ4n) is 5.03. The fraction of sp³-hybridized carbons (Fsp3) is 0.103. The average molecular weight is 433 g/mol. The van der Waals surface area contributed by atoms with Crippen LogP contribution in [0.3, 0.4) is 0 Å².